The maximum Gasteiger partial charge on any atom is 0.271 e. The maximum atomic E-state index is 13.1. The molecule has 132 valence electrons. The Labute approximate surface area is 170 Å². The fourth-order valence-electron chi connectivity index (χ4n) is 2.71. The molecule has 0 atom stereocenters. The van der Waals surface area contributed by atoms with Gasteiger partial charge in [-0.25, -0.2) is 4.99 Å². The average Bonchev–Trinajstić information content (AvgIpc) is 2.98. The molecule has 3 aromatic carbocycles. The number of nitrogens with zero attached hydrogens (tertiary/aromatic N) is 2. The van der Waals surface area contributed by atoms with E-state index in [9.17, 15) is 4.79 Å². The largest absolute Gasteiger partial charge is 0.271 e. The number of aliphatic imine (C=N–C) groups is 1. The summed E-state index contributed by atoms with van der Waals surface area (Å²) >= 11 is 4.87. The van der Waals surface area contributed by atoms with E-state index in [4.69, 9.17) is 4.99 Å². The van der Waals surface area contributed by atoms with Gasteiger partial charge in [-0.05, 0) is 59.8 Å². The van der Waals surface area contributed by atoms with Gasteiger partial charge in [0.25, 0.3) is 5.91 Å². The third-order valence-corrected chi connectivity index (χ3v) is 5.41. The number of para-hydroxylation sites is 2. The molecule has 0 N–H and O–H groups in total. The van der Waals surface area contributed by atoms with Crippen molar-refractivity contribution < 1.29 is 4.79 Å². The maximum absolute atomic E-state index is 13.1. The van der Waals surface area contributed by atoms with Gasteiger partial charge in [-0.15, -0.1) is 0 Å². The second-order valence-electron chi connectivity index (χ2n) is 5.87. The molecule has 0 aliphatic carbocycles. The minimum atomic E-state index is -0.0687. The summed E-state index contributed by atoms with van der Waals surface area (Å²) in [5.41, 5.74) is 2.59. The number of rotatable bonds is 3. The van der Waals surface area contributed by atoms with Crippen LogP contribution in [0.2, 0.25) is 0 Å². The van der Waals surface area contributed by atoms with Gasteiger partial charge in [-0.1, -0.05) is 64.5 Å². The van der Waals surface area contributed by atoms with Crippen molar-refractivity contribution in [1.29, 1.82) is 0 Å². The number of amidine groups is 1. The third kappa shape index (κ3) is 4.04. The van der Waals surface area contributed by atoms with Gasteiger partial charge in [0, 0.05) is 4.47 Å². The standard InChI is InChI=1S/C22H15BrN2OS/c23-17-9-7-8-16(14-17)15-20-21(26)25(19-12-5-2-6-13-19)22(27-20)24-18-10-3-1-4-11-18/h1-15H/b20-15-,24-22?. The van der Waals surface area contributed by atoms with Crippen LogP contribution in [0.1, 0.15) is 5.56 Å². The second kappa shape index (κ2) is 7.94. The minimum Gasteiger partial charge on any atom is -0.268 e. The Balaban J connectivity index is 1.77. The zero-order chi connectivity index (χ0) is 18.6. The molecule has 1 heterocycles. The molecule has 1 amide bonds. The number of anilines is 1. The molecule has 3 nitrogen and oxygen atoms in total. The predicted octanol–water partition coefficient (Wildman–Crippen LogP) is 6.26. The van der Waals surface area contributed by atoms with E-state index in [0.717, 1.165) is 21.4 Å². The highest BCUT2D eigenvalue weighted by Crippen LogP contribution is 2.37. The molecule has 1 fully saturated rings. The quantitative estimate of drug-likeness (QED) is 0.455. The van der Waals surface area contributed by atoms with Gasteiger partial charge in [0.15, 0.2) is 5.17 Å². The van der Waals surface area contributed by atoms with E-state index in [1.165, 1.54) is 11.8 Å². The molecule has 0 spiro atoms. The fraction of sp³-hybridized carbons (Fsp3) is 0. The van der Waals surface area contributed by atoms with Crippen molar-refractivity contribution in [1.82, 2.24) is 0 Å². The molecule has 1 aliphatic rings. The Kier molecular flexibility index (Phi) is 5.23. The summed E-state index contributed by atoms with van der Waals surface area (Å²) < 4.78 is 0.977. The number of amides is 1. The Morgan fingerprint density at radius 2 is 1.59 bits per heavy atom. The summed E-state index contributed by atoms with van der Waals surface area (Å²) in [6.45, 7) is 0. The summed E-state index contributed by atoms with van der Waals surface area (Å²) in [6.07, 6.45) is 1.90. The van der Waals surface area contributed by atoms with Crippen LogP contribution in [0, 0.1) is 0 Å². The van der Waals surface area contributed by atoms with Gasteiger partial charge in [0.2, 0.25) is 0 Å². The van der Waals surface area contributed by atoms with E-state index in [2.05, 4.69) is 15.9 Å². The number of hydrogen-bond acceptors (Lipinski definition) is 3. The zero-order valence-corrected chi connectivity index (χ0v) is 16.7. The van der Waals surface area contributed by atoms with Crippen molar-refractivity contribution in [2.45, 2.75) is 0 Å². The van der Waals surface area contributed by atoms with Crippen molar-refractivity contribution in [3.63, 3.8) is 0 Å². The van der Waals surface area contributed by atoms with Crippen molar-refractivity contribution in [2.75, 3.05) is 4.90 Å². The van der Waals surface area contributed by atoms with Crippen LogP contribution in [0.4, 0.5) is 11.4 Å². The highest BCUT2D eigenvalue weighted by molar-refractivity contribution is 9.10. The molecule has 0 unspecified atom stereocenters. The van der Waals surface area contributed by atoms with Crippen molar-refractivity contribution in [2.24, 2.45) is 4.99 Å². The molecular formula is C22H15BrN2OS. The van der Waals surface area contributed by atoms with Crippen LogP contribution in [-0.4, -0.2) is 11.1 Å². The monoisotopic (exact) mass is 434 g/mol. The SMILES string of the molecule is O=C1/C(=C/c2cccc(Br)c2)SC(=Nc2ccccc2)N1c1ccccc1. The second-order valence-corrected chi connectivity index (χ2v) is 7.80. The highest BCUT2D eigenvalue weighted by Gasteiger charge is 2.34. The lowest BCUT2D eigenvalue weighted by atomic mass is 10.2. The first-order chi connectivity index (χ1) is 13.2. The van der Waals surface area contributed by atoms with E-state index < -0.39 is 0 Å². The molecule has 3 aromatic rings. The van der Waals surface area contributed by atoms with Crippen LogP contribution in [0.25, 0.3) is 6.08 Å². The Morgan fingerprint density at radius 3 is 2.30 bits per heavy atom. The topological polar surface area (TPSA) is 32.7 Å². The van der Waals surface area contributed by atoms with Crippen molar-refractivity contribution in [3.05, 3.63) is 99.9 Å². The first-order valence-electron chi connectivity index (χ1n) is 8.39. The lowest BCUT2D eigenvalue weighted by Crippen LogP contribution is -2.28. The predicted molar refractivity (Wildman–Crippen MR) is 117 cm³/mol. The highest BCUT2D eigenvalue weighted by atomic mass is 79.9. The number of benzene rings is 3. The normalized spacial score (nSPS) is 17.1. The first-order valence-corrected chi connectivity index (χ1v) is 10.00. The summed E-state index contributed by atoms with van der Waals surface area (Å²) in [5.74, 6) is -0.0687. The zero-order valence-electron chi connectivity index (χ0n) is 14.2. The fourth-order valence-corrected chi connectivity index (χ4v) is 4.13. The van der Waals surface area contributed by atoms with E-state index in [-0.39, 0.29) is 5.91 Å². The van der Waals surface area contributed by atoms with Crippen LogP contribution in [0.15, 0.2) is 99.3 Å². The van der Waals surface area contributed by atoms with Crippen molar-refractivity contribution in [3.8, 4) is 0 Å². The van der Waals surface area contributed by atoms with Crippen LogP contribution < -0.4 is 4.90 Å². The van der Waals surface area contributed by atoms with Crippen LogP contribution in [0.3, 0.4) is 0 Å². The molecular weight excluding hydrogens is 420 g/mol. The van der Waals surface area contributed by atoms with Gasteiger partial charge >= 0.3 is 0 Å². The molecule has 5 heteroatoms. The number of thioether (sulfide) groups is 1. The summed E-state index contributed by atoms with van der Waals surface area (Å²) in [7, 11) is 0. The number of carbonyl (C=O) groups excluding carboxylic acids is 1. The van der Waals surface area contributed by atoms with Crippen molar-refractivity contribution >= 4 is 56.2 Å². The molecule has 0 aromatic heterocycles. The lowest BCUT2D eigenvalue weighted by Gasteiger charge is -2.15. The first kappa shape index (κ1) is 17.8. The molecule has 0 saturated carbocycles. The number of carbonyl (C=O) groups is 1. The van der Waals surface area contributed by atoms with E-state index in [1.807, 2.05) is 91.0 Å². The lowest BCUT2D eigenvalue weighted by molar-refractivity contribution is -0.113. The van der Waals surface area contributed by atoms with Gasteiger partial charge in [0.1, 0.15) is 0 Å². The molecule has 1 aliphatic heterocycles. The molecule has 4 rings (SSSR count). The number of halogens is 1. The van der Waals surface area contributed by atoms with E-state index >= 15 is 0 Å². The molecule has 27 heavy (non-hydrogen) atoms. The Bertz CT molecular complexity index is 1030. The minimum absolute atomic E-state index is 0.0687. The Morgan fingerprint density at radius 1 is 0.889 bits per heavy atom. The molecule has 1 saturated heterocycles. The van der Waals surface area contributed by atoms with Crippen LogP contribution >= 0.6 is 27.7 Å². The van der Waals surface area contributed by atoms with E-state index in [1.54, 1.807) is 4.90 Å². The van der Waals surface area contributed by atoms with E-state index in [0.29, 0.717) is 10.1 Å². The van der Waals surface area contributed by atoms with Gasteiger partial charge < -0.3 is 0 Å². The average molecular weight is 435 g/mol. The van der Waals surface area contributed by atoms with Crippen LogP contribution in [-0.2, 0) is 4.79 Å². The number of hydrogen-bond donors (Lipinski definition) is 0. The summed E-state index contributed by atoms with van der Waals surface area (Å²) in [5, 5.41) is 0.652. The Hall–Kier alpha value is -2.63. The third-order valence-electron chi connectivity index (χ3n) is 3.95. The van der Waals surface area contributed by atoms with Gasteiger partial charge in [-0.3, -0.25) is 9.69 Å². The summed E-state index contributed by atoms with van der Waals surface area (Å²) in [6, 6.07) is 27.2. The molecule has 0 bridgehead atoms. The van der Waals surface area contributed by atoms with Crippen LogP contribution in [0.5, 0.6) is 0 Å². The van der Waals surface area contributed by atoms with Gasteiger partial charge in [-0.2, -0.15) is 0 Å². The summed E-state index contributed by atoms with van der Waals surface area (Å²) in [4.78, 5) is 20.2. The smallest absolute Gasteiger partial charge is 0.268 e. The van der Waals surface area contributed by atoms with Gasteiger partial charge in [0.05, 0.1) is 16.3 Å². The molecule has 0 radical (unpaired) electrons.